The summed E-state index contributed by atoms with van der Waals surface area (Å²) < 4.78 is 0. The number of benzene rings is 2. The van der Waals surface area contributed by atoms with Gasteiger partial charge in [0.15, 0.2) is 0 Å². The van der Waals surface area contributed by atoms with E-state index in [-0.39, 0.29) is 5.91 Å². The molecule has 3 nitrogen and oxygen atoms in total. The molecule has 0 unspecified atom stereocenters. The lowest BCUT2D eigenvalue weighted by Gasteiger charge is -2.11. The first-order chi connectivity index (χ1) is 12.6. The first kappa shape index (κ1) is 17.0. The summed E-state index contributed by atoms with van der Waals surface area (Å²) in [5.74, 6) is -0.259. The van der Waals surface area contributed by atoms with Crippen molar-refractivity contribution in [3.8, 4) is 10.6 Å². The second kappa shape index (κ2) is 7.08. The lowest BCUT2D eigenvalue weighted by atomic mass is 10.1. The molecule has 0 bridgehead atoms. The molecule has 4 rings (SSSR count). The molecule has 0 radical (unpaired) electrons. The largest absolute Gasteiger partial charge is 0.321 e. The zero-order chi connectivity index (χ0) is 18.1. The Morgan fingerprint density at radius 1 is 1.00 bits per heavy atom. The van der Waals surface area contributed by atoms with Crippen molar-refractivity contribution in [2.24, 2.45) is 0 Å². The molecule has 0 saturated carbocycles. The highest BCUT2D eigenvalue weighted by molar-refractivity contribution is 7.13. The van der Waals surface area contributed by atoms with E-state index in [0.717, 1.165) is 21.5 Å². The van der Waals surface area contributed by atoms with Crippen molar-refractivity contribution in [3.05, 3.63) is 81.7 Å². The summed E-state index contributed by atoms with van der Waals surface area (Å²) >= 11 is 13.8. The molecule has 0 spiro atoms. The summed E-state index contributed by atoms with van der Waals surface area (Å²) in [7, 11) is 0. The average Bonchev–Trinajstić information content (AvgIpc) is 3.18. The predicted octanol–water partition coefficient (Wildman–Crippen LogP) is 6.52. The third kappa shape index (κ3) is 3.31. The van der Waals surface area contributed by atoms with Gasteiger partial charge in [-0.1, -0.05) is 47.5 Å². The molecule has 0 saturated heterocycles. The van der Waals surface area contributed by atoms with Gasteiger partial charge in [-0.25, -0.2) is 4.98 Å². The molecule has 2 aromatic heterocycles. The third-order valence-electron chi connectivity index (χ3n) is 3.91. The lowest BCUT2D eigenvalue weighted by molar-refractivity contribution is 0.102. The van der Waals surface area contributed by atoms with Gasteiger partial charge in [0.1, 0.15) is 0 Å². The second-order valence-electron chi connectivity index (χ2n) is 5.63. The number of aromatic nitrogens is 1. The monoisotopic (exact) mass is 398 g/mol. The number of pyridine rings is 1. The summed E-state index contributed by atoms with van der Waals surface area (Å²) in [5.41, 5.74) is 2.54. The summed E-state index contributed by atoms with van der Waals surface area (Å²) in [6.45, 7) is 0. The van der Waals surface area contributed by atoms with E-state index in [9.17, 15) is 4.79 Å². The average molecular weight is 399 g/mol. The van der Waals surface area contributed by atoms with Gasteiger partial charge in [-0.15, -0.1) is 11.3 Å². The molecule has 0 fully saturated rings. The predicted molar refractivity (Wildman–Crippen MR) is 109 cm³/mol. The Bertz CT molecular complexity index is 1110. The number of thiophene rings is 1. The number of carbonyl (C=O) groups excluding carboxylic acids is 1. The molecule has 4 aromatic rings. The van der Waals surface area contributed by atoms with Gasteiger partial charge >= 0.3 is 0 Å². The number of fused-ring (bicyclic) bond motifs is 1. The van der Waals surface area contributed by atoms with Crippen LogP contribution in [0.25, 0.3) is 21.5 Å². The van der Waals surface area contributed by atoms with Crippen molar-refractivity contribution in [2.45, 2.75) is 0 Å². The summed E-state index contributed by atoms with van der Waals surface area (Å²) in [5, 5.41) is 6.55. The molecule has 0 aliphatic rings. The number of hydrogen-bond acceptors (Lipinski definition) is 3. The number of amides is 1. The molecular weight excluding hydrogens is 387 g/mol. The van der Waals surface area contributed by atoms with Crippen LogP contribution < -0.4 is 5.32 Å². The Morgan fingerprint density at radius 3 is 2.65 bits per heavy atom. The van der Waals surface area contributed by atoms with Crippen molar-refractivity contribution < 1.29 is 4.79 Å². The van der Waals surface area contributed by atoms with Gasteiger partial charge in [-0.2, -0.15) is 0 Å². The quantitative estimate of drug-likeness (QED) is 0.426. The minimum Gasteiger partial charge on any atom is -0.321 e. The van der Waals surface area contributed by atoms with Gasteiger partial charge < -0.3 is 5.32 Å². The fourth-order valence-corrected chi connectivity index (χ4v) is 3.72. The van der Waals surface area contributed by atoms with Crippen LogP contribution in [0.5, 0.6) is 0 Å². The number of para-hydroxylation sites is 1. The van der Waals surface area contributed by atoms with Crippen molar-refractivity contribution in [2.75, 3.05) is 5.32 Å². The van der Waals surface area contributed by atoms with Crippen LogP contribution in [0.3, 0.4) is 0 Å². The number of anilines is 1. The molecule has 26 heavy (non-hydrogen) atoms. The van der Waals surface area contributed by atoms with E-state index in [1.54, 1.807) is 29.5 Å². The number of nitrogens with zero attached hydrogens (tertiary/aromatic N) is 1. The third-order valence-corrected chi connectivity index (χ3v) is 5.37. The molecule has 1 N–H and O–H groups in total. The van der Waals surface area contributed by atoms with E-state index in [1.165, 1.54) is 0 Å². The molecule has 128 valence electrons. The molecule has 2 aromatic carbocycles. The smallest absolute Gasteiger partial charge is 0.256 e. The van der Waals surface area contributed by atoms with Gasteiger partial charge in [0.05, 0.1) is 32.4 Å². The van der Waals surface area contributed by atoms with Crippen LogP contribution in [0.1, 0.15) is 10.4 Å². The van der Waals surface area contributed by atoms with Crippen LogP contribution in [0, 0.1) is 0 Å². The Morgan fingerprint density at radius 2 is 1.85 bits per heavy atom. The van der Waals surface area contributed by atoms with Gasteiger partial charge in [-0.05, 0) is 41.8 Å². The van der Waals surface area contributed by atoms with Crippen LogP contribution in [-0.2, 0) is 0 Å². The standard InChI is InChI=1S/C20H12Cl2N2OS/c21-12-7-8-15(22)17(10-12)24-20(25)14-11-18(19-6-3-9-26-19)23-16-5-2-1-4-13(14)16/h1-11H,(H,24,25). The van der Waals surface area contributed by atoms with Crippen LogP contribution in [0.4, 0.5) is 5.69 Å². The van der Waals surface area contributed by atoms with Crippen LogP contribution in [-0.4, -0.2) is 10.9 Å². The Hall–Kier alpha value is -2.40. The first-order valence-electron chi connectivity index (χ1n) is 7.82. The van der Waals surface area contributed by atoms with Crippen LogP contribution in [0.15, 0.2) is 66.0 Å². The fraction of sp³-hybridized carbons (Fsp3) is 0. The highest BCUT2D eigenvalue weighted by atomic mass is 35.5. The molecule has 0 aliphatic carbocycles. The minimum absolute atomic E-state index is 0.259. The first-order valence-corrected chi connectivity index (χ1v) is 9.45. The normalized spacial score (nSPS) is 10.8. The second-order valence-corrected chi connectivity index (χ2v) is 7.42. The van der Waals surface area contributed by atoms with Gasteiger partial charge in [-0.3, -0.25) is 4.79 Å². The van der Waals surface area contributed by atoms with E-state index in [2.05, 4.69) is 10.3 Å². The van der Waals surface area contributed by atoms with E-state index < -0.39 is 0 Å². The van der Waals surface area contributed by atoms with E-state index in [0.29, 0.717) is 21.3 Å². The van der Waals surface area contributed by atoms with Crippen LogP contribution >= 0.6 is 34.5 Å². The Balaban J connectivity index is 1.81. The van der Waals surface area contributed by atoms with E-state index in [4.69, 9.17) is 23.2 Å². The minimum atomic E-state index is -0.259. The highest BCUT2D eigenvalue weighted by Crippen LogP contribution is 2.30. The maximum atomic E-state index is 13.0. The summed E-state index contributed by atoms with van der Waals surface area (Å²) in [6, 6.07) is 18.3. The number of rotatable bonds is 3. The maximum Gasteiger partial charge on any atom is 0.256 e. The highest BCUT2D eigenvalue weighted by Gasteiger charge is 2.15. The SMILES string of the molecule is O=C(Nc1cc(Cl)ccc1Cl)c1cc(-c2cccs2)nc2ccccc12. The number of halogens is 2. The molecule has 0 aliphatic heterocycles. The topological polar surface area (TPSA) is 42.0 Å². The zero-order valence-electron chi connectivity index (χ0n) is 13.4. The molecule has 2 heterocycles. The van der Waals surface area contributed by atoms with Crippen molar-refractivity contribution in [1.29, 1.82) is 0 Å². The summed E-state index contributed by atoms with van der Waals surface area (Å²) in [6.07, 6.45) is 0. The summed E-state index contributed by atoms with van der Waals surface area (Å²) in [4.78, 5) is 18.7. The lowest BCUT2D eigenvalue weighted by Crippen LogP contribution is -2.13. The van der Waals surface area contributed by atoms with E-state index >= 15 is 0 Å². The van der Waals surface area contributed by atoms with Gasteiger partial charge in [0, 0.05) is 10.4 Å². The number of hydrogen-bond donors (Lipinski definition) is 1. The van der Waals surface area contributed by atoms with Crippen LogP contribution in [0.2, 0.25) is 10.0 Å². The van der Waals surface area contributed by atoms with E-state index in [1.807, 2.05) is 47.8 Å². The molecule has 1 amide bonds. The fourth-order valence-electron chi connectivity index (χ4n) is 2.70. The Labute approximate surface area is 164 Å². The van der Waals surface area contributed by atoms with Crippen molar-refractivity contribution in [1.82, 2.24) is 4.98 Å². The molecule has 6 heteroatoms. The maximum absolute atomic E-state index is 13.0. The molecular formula is C20H12Cl2N2OS. The van der Waals surface area contributed by atoms with Gasteiger partial charge in [0.25, 0.3) is 5.91 Å². The Kier molecular flexibility index (Phi) is 4.64. The van der Waals surface area contributed by atoms with Crippen molar-refractivity contribution >= 4 is 57.0 Å². The van der Waals surface area contributed by atoms with Crippen molar-refractivity contribution in [3.63, 3.8) is 0 Å². The molecule has 0 atom stereocenters. The zero-order valence-corrected chi connectivity index (χ0v) is 15.7. The number of nitrogens with one attached hydrogen (secondary N) is 1. The van der Waals surface area contributed by atoms with Gasteiger partial charge in [0.2, 0.25) is 0 Å². The number of carbonyl (C=O) groups is 1.